The van der Waals surface area contributed by atoms with Crippen LogP contribution in [0, 0.1) is 22.7 Å². The van der Waals surface area contributed by atoms with E-state index < -0.39 is 80.6 Å². The van der Waals surface area contributed by atoms with Crippen molar-refractivity contribution in [3.8, 4) is 6.07 Å². The van der Waals surface area contributed by atoms with Gasteiger partial charge >= 0.3 is 12.4 Å². The average Bonchev–Trinajstić information content (AvgIpc) is 3.38. The van der Waals surface area contributed by atoms with Crippen molar-refractivity contribution in [2.75, 3.05) is 19.6 Å². The lowest BCUT2D eigenvalue weighted by molar-refractivity contribution is -0.385. The predicted molar refractivity (Wildman–Crippen MR) is 137 cm³/mol. The number of hydrogen-bond acceptors (Lipinski definition) is 8. The van der Waals surface area contributed by atoms with Gasteiger partial charge in [0.15, 0.2) is 5.01 Å². The molecule has 1 aromatic rings. The number of allylic oxidation sites excluding steroid dienone is 2. The van der Waals surface area contributed by atoms with Gasteiger partial charge in [-0.05, 0) is 26.7 Å². The molecule has 2 heterocycles. The third kappa shape index (κ3) is 6.49. The third-order valence-corrected chi connectivity index (χ3v) is 8.34. The summed E-state index contributed by atoms with van der Waals surface area (Å²) < 4.78 is 111. The summed E-state index contributed by atoms with van der Waals surface area (Å²) in [6.45, 7) is 2.40. The second-order valence-corrected chi connectivity index (χ2v) is 12.0. The van der Waals surface area contributed by atoms with E-state index in [0.717, 1.165) is 0 Å². The SMILES string of the molecule is CC(C)(O)CNC(=O)c1nc(C(=O)N2CCC(C#N)CC2)c(C2C=CC(C=O)(C(O)(C(F)(F)F)C(F)(F)F)C=C2C(F)F)s1. The van der Waals surface area contributed by atoms with E-state index in [1.807, 2.05) is 6.07 Å². The molecule has 44 heavy (non-hydrogen) atoms. The van der Waals surface area contributed by atoms with Gasteiger partial charge in [-0.25, -0.2) is 13.8 Å². The maximum absolute atomic E-state index is 14.4. The van der Waals surface area contributed by atoms with Crippen LogP contribution in [0.15, 0.2) is 23.8 Å². The summed E-state index contributed by atoms with van der Waals surface area (Å²) >= 11 is 0.344. The van der Waals surface area contributed by atoms with E-state index in [0.29, 0.717) is 17.4 Å². The van der Waals surface area contributed by atoms with E-state index in [2.05, 4.69) is 10.3 Å². The Morgan fingerprint density at radius 2 is 1.75 bits per heavy atom. The molecule has 0 saturated carbocycles. The smallest absolute Gasteiger partial charge is 0.389 e. The molecular weight excluding hydrogens is 632 g/mol. The normalized spacial score (nSPS) is 22.0. The number of alkyl halides is 8. The first-order chi connectivity index (χ1) is 20.1. The van der Waals surface area contributed by atoms with Crippen LogP contribution in [0.5, 0.6) is 0 Å². The summed E-state index contributed by atoms with van der Waals surface area (Å²) in [6, 6.07) is 2.04. The van der Waals surface area contributed by atoms with Gasteiger partial charge in [-0.1, -0.05) is 18.2 Å². The van der Waals surface area contributed by atoms with E-state index >= 15 is 0 Å². The monoisotopic (exact) mass is 658 g/mol. The van der Waals surface area contributed by atoms with Gasteiger partial charge in [-0.2, -0.15) is 31.6 Å². The first-order valence-electron chi connectivity index (χ1n) is 12.8. The summed E-state index contributed by atoms with van der Waals surface area (Å²) in [5, 5.41) is 30.8. The molecule has 1 aromatic heterocycles. The molecule has 1 aliphatic carbocycles. The number of aliphatic hydroxyl groups is 2. The highest BCUT2D eigenvalue weighted by molar-refractivity contribution is 7.14. The number of halogens is 8. The van der Waals surface area contributed by atoms with Crippen molar-refractivity contribution in [3.05, 3.63) is 39.4 Å². The lowest BCUT2D eigenvalue weighted by Gasteiger charge is -2.44. The van der Waals surface area contributed by atoms with Gasteiger partial charge in [0.1, 0.15) is 17.4 Å². The molecule has 1 saturated heterocycles. The lowest BCUT2D eigenvalue weighted by atomic mass is 9.66. The van der Waals surface area contributed by atoms with E-state index in [4.69, 9.17) is 5.26 Å². The number of nitriles is 1. The highest BCUT2D eigenvalue weighted by Crippen LogP contribution is 2.56. The quantitative estimate of drug-likeness (QED) is 0.218. The fraction of sp³-hybridized carbons (Fsp3) is 0.577. The molecule has 18 heteroatoms. The number of hydrogen-bond donors (Lipinski definition) is 3. The van der Waals surface area contributed by atoms with Crippen LogP contribution in [-0.4, -0.2) is 87.8 Å². The number of piperidine rings is 1. The molecule has 3 rings (SSSR count). The summed E-state index contributed by atoms with van der Waals surface area (Å²) in [5.41, 5.74) is -13.4. The minimum Gasteiger partial charge on any atom is -0.389 e. The molecule has 3 N–H and O–H groups in total. The minimum atomic E-state index is -6.56. The van der Waals surface area contributed by atoms with Crippen molar-refractivity contribution >= 4 is 29.4 Å². The van der Waals surface area contributed by atoms with Gasteiger partial charge in [-0.3, -0.25) is 9.59 Å². The van der Waals surface area contributed by atoms with Crippen LogP contribution in [0.4, 0.5) is 35.1 Å². The summed E-state index contributed by atoms with van der Waals surface area (Å²) in [7, 11) is 0. The van der Waals surface area contributed by atoms with Crippen molar-refractivity contribution in [2.24, 2.45) is 11.3 Å². The molecule has 0 spiro atoms. The Labute approximate surface area is 248 Å². The Hall–Kier alpha value is -3.43. The molecule has 0 aromatic carbocycles. The van der Waals surface area contributed by atoms with Crippen LogP contribution in [0.25, 0.3) is 0 Å². The minimum absolute atomic E-state index is 0.0159. The highest BCUT2D eigenvalue weighted by atomic mass is 32.1. The van der Waals surface area contributed by atoms with Crippen LogP contribution in [-0.2, 0) is 4.79 Å². The summed E-state index contributed by atoms with van der Waals surface area (Å²) in [5.74, 6) is -4.22. The Kier molecular flexibility index (Phi) is 9.69. The topological polar surface area (TPSA) is 144 Å². The summed E-state index contributed by atoms with van der Waals surface area (Å²) in [4.78, 5) is 42.8. The van der Waals surface area contributed by atoms with Gasteiger partial charge in [-0.15, -0.1) is 11.3 Å². The van der Waals surface area contributed by atoms with E-state index in [1.165, 1.54) is 18.7 Å². The van der Waals surface area contributed by atoms with Gasteiger partial charge in [0.2, 0.25) is 0 Å². The molecule has 0 radical (unpaired) electrons. The molecule has 2 amide bonds. The van der Waals surface area contributed by atoms with Crippen LogP contribution in [0.1, 0.15) is 57.8 Å². The Balaban J connectivity index is 2.19. The number of rotatable bonds is 8. The number of carbonyl (C=O) groups excluding carboxylic acids is 3. The second kappa shape index (κ2) is 12.2. The third-order valence-electron chi connectivity index (χ3n) is 7.20. The second-order valence-electron chi connectivity index (χ2n) is 11.0. The zero-order chi connectivity index (χ0) is 33.5. The van der Waals surface area contributed by atoms with Crippen LogP contribution < -0.4 is 5.32 Å². The number of amides is 2. The average molecular weight is 659 g/mol. The van der Waals surface area contributed by atoms with Gasteiger partial charge in [0.25, 0.3) is 23.8 Å². The summed E-state index contributed by atoms with van der Waals surface area (Å²) in [6.07, 6.45) is -17.3. The van der Waals surface area contributed by atoms with Crippen molar-refractivity contribution in [1.82, 2.24) is 15.2 Å². The van der Waals surface area contributed by atoms with Gasteiger partial charge in [0.05, 0.1) is 11.7 Å². The molecule has 2 atom stereocenters. The van der Waals surface area contributed by atoms with Gasteiger partial charge < -0.3 is 25.2 Å². The van der Waals surface area contributed by atoms with Crippen LogP contribution in [0.2, 0.25) is 0 Å². The van der Waals surface area contributed by atoms with Crippen LogP contribution >= 0.6 is 11.3 Å². The van der Waals surface area contributed by atoms with E-state index in [1.54, 1.807) is 0 Å². The number of aldehydes is 1. The maximum Gasteiger partial charge on any atom is 0.427 e. The van der Waals surface area contributed by atoms with Gasteiger partial charge in [0, 0.05) is 41.9 Å². The maximum atomic E-state index is 14.4. The molecule has 1 fully saturated rings. The standard InChI is InChI=1S/C26H26F8N4O5S/c1-22(2,42)11-36-19(40)20-37-16(21(41)38-7-4-13(10-35)5-8-38)17(44-20)14-3-6-23(12-39,9-15(14)18(27)28)24(43,25(29,30)31)26(32,33)34/h3,6,9,12-14,18,42-43H,4-5,7-8,11H2,1-2H3,(H,36,40). The Morgan fingerprint density at radius 3 is 2.20 bits per heavy atom. The zero-order valence-corrected chi connectivity index (χ0v) is 23.8. The molecule has 9 nitrogen and oxygen atoms in total. The number of carbonyl (C=O) groups is 3. The molecule has 2 unspecified atom stereocenters. The van der Waals surface area contributed by atoms with Crippen LogP contribution in [0.3, 0.4) is 0 Å². The number of likely N-dealkylation sites (tertiary alicyclic amines) is 1. The number of nitrogens with zero attached hydrogens (tertiary/aromatic N) is 3. The lowest BCUT2D eigenvalue weighted by Crippen LogP contribution is -2.67. The van der Waals surface area contributed by atoms with Crippen molar-refractivity contribution in [1.29, 1.82) is 5.26 Å². The van der Waals surface area contributed by atoms with E-state index in [-0.39, 0.29) is 50.5 Å². The molecule has 1 aliphatic heterocycles. The first kappa shape index (κ1) is 35.1. The molecule has 242 valence electrons. The Morgan fingerprint density at radius 1 is 1.18 bits per heavy atom. The molecule has 2 aliphatic rings. The number of nitrogens with one attached hydrogen (secondary N) is 1. The van der Waals surface area contributed by atoms with Crippen molar-refractivity contribution < 1.29 is 59.7 Å². The number of aromatic nitrogens is 1. The first-order valence-corrected chi connectivity index (χ1v) is 13.7. The molecule has 0 bridgehead atoms. The highest BCUT2D eigenvalue weighted by Gasteiger charge is 2.79. The molecular formula is C26H26F8N4O5S. The number of thiazole rings is 1. The fourth-order valence-corrected chi connectivity index (χ4v) is 5.86. The zero-order valence-electron chi connectivity index (χ0n) is 23.0. The van der Waals surface area contributed by atoms with Crippen molar-refractivity contribution in [3.63, 3.8) is 0 Å². The van der Waals surface area contributed by atoms with E-state index in [9.17, 15) is 59.7 Å². The predicted octanol–water partition coefficient (Wildman–Crippen LogP) is 3.91. The fourth-order valence-electron chi connectivity index (χ4n) is 4.78. The Bertz CT molecular complexity index is 1370. The largest absolute Gasteiger partial charge is 0.427 e. The van der Waals surface area contributed by atoms with Crippen molar-refractivity contribution in [2.45, 2.75) is 62.6 Å².